The zero-order valence-corrected chi connectivity index (χ0v) is 15.8. The number of aryl methyl sites for hydroxylation is 2. The van der Waals surface area contributed by atoms with E-state index in [0.717, 1.165) is 42.4 Å². The van der Waals surface area contributed by atoms with Crippen LogP contribution in [0.5, 0.6) is 0 Å². The Kier molecular flexibility index (Phi) is 3.81. The second-order valence-corrected chi connectivity index (χ2v) is 7.71. The maximum Gasteiger partial charge on any atom is 0.330 e. The van der Waals surface area contributed by atoms with Crippen LogP contribution in [0.1, 0.15) is 54.9 Å². The monoisotopic (exact) mass is 383 g/mol. The summed E-state index contributed by atoms with van der Waals surface area (Å²) in [5.41, 5.74) is 1.65. The van der Waals surface area contributed by atoms with Crippen molar-refractivity contribution in [2.45, 2.75) is 50.5 Å². The summed E-state index contributed by atoms with van der Waals surface area (Å²) in [5.74, 6) is 0.794. The highest BCUT2D eigenvalue weighted by molar-refractivity contribution is 5.51. The highest BCUT2D eigenvalue weighted by Gasteiger charge is 2.32. The molecule has 28 heavy (non-hydrogen) atoms. The summed E-state index contributed by atoms with van der Waals surface area (Å²) in [7, 11) is 3.02. The molecular formula is C18H21N7O3. The lowest BCUT2D eigenvalue weighted by atomic mass is 9.87. The van der Waals surface area contributed by atoms with Crippen molar-refractivity contribution in [2.24, 2.45) is 14.1 Å². The lowest BCUT2D eigenvalue weighted by molar-refractivity contribution is 0.271. The molecule has 5 rings (SSSR count). The van der Waals surface area contributed by atoms with Gasteiger partial charge in [-0.3, -0.25) is 9.36 Å². The van der Waals surface area contributed by atoms with Crippen LogP contribution in [0.4, 0.5) is 0 Å². The van der Waals surface area contributed by atoms with Crippen LogP contribution in [-0.4, -0.2) is 34.3 Å². The van der Waals surface area contributed by atoms with Crippen molar-refractivity contribution in [3.05, 3.63) is 44.3 Å². The standard InChI is InChI=1S/C18H21N7O3/c1-23-9-12(17(26)24(2)18(23)27)15-19-16(28-21-15)10-6-7-13-14(8-10)25(22-20-13)11-4-3-5-11/h9-11H,3-8H2,1-2H3. The van der Waals surface area contributed by atoms with Gasteiger partial charge in [0, 0.05) is 32.6 Å². The molecule has 0 aliphatic heterocycles. The molecule has 1 atom stereocenters. The topological polar surface area (TPSA) is 114 Å². The van der Waals surface area contributed by atoms with Crippen molar-refractivity contribution >= 4 is 0 Å². The van der Waals surface area contributed by atoms with E-state index in [1.54, 1.807) is 7.05 Å². The number of hydrogen-bond donors (Lipinski definition) is 0. The minimum absolute atomic E-state index is 0.0717. The van der Waals surface area contributed by atoms with Crippen molar-refractivity contribution < 1.29 is 4.52 Å². The second kappa shape index (κ2) is 6.25. The molecule has 146 valence electrons. The van der Waals surface area contributed by atoms with Gasteiger partial charge in [0.25, 0.3) is 5.56 Å². The molecule has 0 spiro atoms. The Hall–Kier alpha value is -3.04. The molecular weight excluding hydrogens is 362 g/mol. The number of nitrogens with zero attached hydrogens (tertiary/aromatic N) is 7. The summed E-state index contributed by atoms with van der Waals surface area (Å²) < 4.78 is 9.96. The van der Waals surface area contributed by atoms with Crippen LogP contribution >= 0.6 is 0 Å². The van der Waals surface area contributed by atoms with Crippen LogP contribution < -0.4 is 11.2 Å². The minimum Gasteiger partial charge on any atom is -0.339 e. The first kappa shape index (κ1) is 17.1. The van der Waals surface area contributed by atoms with E-state index in [1.165, 1.54) is 29.9 Å². The first-order chi connectivity index (χ1) is 13.5. The maximum absolute atomic E-state index is 12.4. The van der Waals surface area contributed by atoms with E-state index in [1.807, 2.05) is 0 Å². The van der Waals surface area contributed by atoms with Crippen LogP contribution in [0.25, 0.3) is 11.4 Å². The Morgan fingerprint density at radius 3 is 2.75 bits per heavy atom. The van der Waals surface area contributed by atoms with Gasteiger partial charge in [0.05, 0.1) is 17.4 Å². The van der Waals surface area contributed by atoms with Gasteiger partial charge in [-0.2, -0.15) is 4.98 Å². The highest BCUT2D eigenvalue weighted by atomic mass is 16.5. The van der Waals surface area contributed by atoms with Crippen LogP contribution in [0, 0.1) is 0 Å². The first-order valence-electron chi connectivity index (χ1n) is 9.56. The summed E-state index contributed by atoms with van der Waals surface area (Å²) in [4.78, 5) is 28.8. The van der Waals surface area contributed by atoms with Crippen molar-refractivity contribution in [1.29, 1.82) is 0 Å². The first-order valence-corrected chi connectivity index (χ1v) is 9.56. The highest BCUT2D eigenvalue weighted by Crippen LogP contribution is 2.37. The molecule has 0 amide bonds. The molecule has 1 saturated carbocycles. The fraction of sp³-hybridized carbons (Fsp3) is 0.556. The van der Waals surface area contributed by atoms with Crippen molar-refractivity contribution in [3.63, 3.8) is 0 Å². The van der Waals surface area contributed by atoms with E-state index < -0.39 is 11.2 Å². The third-order valence-corrected chi connectivity index (χ3v) is 5.94. The molecule has 2 aliphatic rings. The third-order valence-electron chi connectivity index (χ3n) is 5.94. The predicted octanol–water partition coefficient (Wildman–Crippen LogP) is 0.723. The molecule has 1 unspecified atom stereocenters. The van der Waals surface area contributed by atoms with Gasteiger partial charge in [-0.05, 0) is 32.1 Å². The van der Waals surface area contributed by atoms with Gasteiger partial charge < -0.3 is 9.09 Å². The number of hydrogen-bond acceptors (Lipinski definition) is 7. The van der Waals surface area contributed by atoms with Gasteiger partial charge in [-0.1, -0.05) is 10.4 Å². The minimum atomic E-state index is -0.436. The van der Waals surface area contributed by atoms with Gasteiger partial charge in [-0.15, -0.1) is 5.10 Å². The molecule has 10 nitrogen and oxygen atoms in total. The molecule has 0 bridgehead atoms. The predicted molar refractivity (Wildman–Crippen MR) is 97.9 cm³/mol. The largest absolute Gasteiger partial charge is 0.339 e. The number of fused-ring (bicyclic) bond motifs is 1. The maximum atomic E-state index is 12.4. The summed E-state index contributed by atoms with van der Waals surface area (Å²) in [5, 5.41) is 12.7. The van der Waals surface area contributed by atoms with Crippen molar-refractivity contribution in [3.8, 4) is 11.4 Å². The zero-order valence-electron chi connectivity index (χ0n) is 15.8. The third kappa shape index (κ3) is 2.54. The van der Waals surface area contributed by atoms with Crippen LogP contribution in [0.3, 0.4) is 0 Å². The molecule has 3 aromatic heterocycles. The van der Waals surface area contributed by atoms with E-state index in [4.69, 9.17) is 4.52 Å². The number of aromatic nitrogens is 7. The molecule has 0 saturated heterocycles. The van der Waals surface area contributed by atoms with Crippen molar-refractivity contribution in [2.75, 3.05) is 0 Å². The van der Waals surface area contributed by atoms with Crippen LogP contribution in [0.2, 0.25) is 0 Å². The normalized spacial score (nSPS) is 19.4. The summed E-state index contributed by atoms with van der Waals surface area (Å²) in [6, 6.07) is 0.460. The van der Waals surface area contributed by atoms with E-state index >= 15 is 0 Å². The van der Waals surface area contributed by atoms with E-state index in [-0.39, 0.29) is 17.3 Å². The summed E-state index contributed by atoms with van der Waals surface area (Å²) >= 11 is 0. The van der Waals surface area contributed by atoms with E-state index in [2.05, 4.69) is 25.1 Å². The SMILES string of the molecule is Cn1cc(-c2noc(C3CCc4nnn(C5CCC5)c4C3)n2)c(=O)n(C)c1=O. The van der Waals surface area contributed by atoms with E-state index in [0.29, 0.717) is 11.9 Å². The fourth-order valence-electron chi connectivity index (χ4n) is 4.01. The molecule has 2 aliphatic carbocycles. The Labute approximate surface area is 159 Å². The quantitative estimate of drug-likeness (QED) is 0.655. The van der Waals surface area contributed by atoms with Gasteiger partial charge in [-0.25, -0.2) is 9.48 Å². The summed E-state index contributed by atoms with van der Waals surface area (Å²) in [6.45, 7) is 0. The molecule has 0 aromatic carbocycles. The van der Waals surface area contributed by atoms with Gasteiger partial charge in [0.15, 0.2) is 0 Å². The Morgan fingerprint density at radius 2 is 2.00 bits per heavy atom. The Balaban J connectivity index is 1.46. The van der Waals surface area contributed by atoms with Crippen LogP contribution in [-0.2, 0) is 26.9 Å². The smallest absolute Gasteiger partial charge is 0.330 e. The lowest BCUT2D eigenvalue weighted by Crippen LogP contribution is -2.37. The Morgan fingerprint density at radius 1 is 1.18 bits per heavy atom. The molecule has 3 heterocycles. The average molecular weight is 383 g/mol. The fourth-order valence-corrected chi connectivity index (χ4v) is 4.01. The molecule has 1 fully saturated rings. The molecule has 0 N–H and O–H groups in total. The second-order valence-electron chi connectivity index (χ2n) is 7.71. The van der Waals surface area contributed by atoms with Crippen molar-refractivity contribution in [1.82, 2.24) is 34.3 Å². The molecule has 10 heteroatoms. The zero-order chi connectivity index (χ0) is 19.4. The average Bonchev–Trinajstić information content (AvgIpc) is 3.29. The van der Waals surface area contributed by atoms with E-state index in [9.17, 15) is 9.59 Å². The molecule has 3 aromatic rings. The van der Waals surface area contributed by atoms with Crippen LogP contribution in [0.15, 0.2) is 20.3 Å². The van der Waals surface area contributed by atoms with Gasteiger partial charge >= 0.3 is 5.69 Å². The lowest BCUT2D eigenvalue weighted by Gasteiger charge is -2.28. The summed E-state index contributed by atoms with van der Waals surface area (Å²) in [6.07, 6.45) is 7.43. The van der Waals surface area contributed by atoms with Gasteiger partial charge in [0.1, 0.15) is 5.56 Å². The molecule has 0 radical (unpaired) electrons. The van der Waals surface area contributed by atoms with Gasteiger partial charge in [0.2, 0.25) is 11.7 Å². The number of rotatable bonds is 3. The Bertz CT molecular complexity index is 1160.